The fraction of sp³-hybridized carbons (Fsp3) is 0.348. The van der Waals surface area contributed by atoms with Crippen molar-refractivity contribution >= 4 is 23.8 Å². The quantitative estimate of drug-likeness (QED) is 0.369. The molecule has 0 amide bonds. The molecule has 1 aromatic carbocycles. The summed E-state index contributed by atoms with van der Waals surface area (Å²) in [5.41, 5.74) is 2.11. The fourth-order valence-corrected chi connectivity index (χ4v) is 3.10. The molecule has 1 aromatic heterocycles. The summed E-state index contributed by atoms with van der Waals surface area (Å²) in [7, 11) is 3.05. The van der Waals surface area contributed by atoms with Gasteiger partial charge in [-0.3, -0.25) is 4.79 Å². The largest absolute Gasteiger partial charge is 0.497 e. The standard InChI is InChI=1S/C23H27NO7/c1-7-30-23(27)20-13(2)21(24-14(20)3)22(26)15(4)31-19(25)11-8-16-12-17(28-5)9-10-18(16)29-6/h8-12,15,24H,7H2,1-6H3/b11-8+. The van der Waals surface area contributed by atoms with E-state index in [0.29, 0.717) is 33.9 Å². The summed E-state index contributed by atoms with van der Waals surface area (Å²) in [6.45, 7) is 6.73. The molecule has 2 rings (SSSR count). The molecule has 2 aromatic rings. The molecule has 1 unspecified atom stereocenters. The first-order chi connectivity index (χ1) is 14.7. The summed E-state index contributed by atoms with van der Waals surface area (Å²) in [5.74, 6) is -0.493. The molecule has 0 aliphatic carbocycles. The molecule has 0 bridgehead atoms. The van der Waals surface area contributed by atoms with Crippen LogP contribution in [0, 0.1) is 13.8 Å². The SMILES string of the molecule is CCOC(=O)c1c(C)[nH]c(C(=O)C(C)OC(=O)/C=C/c2cc(OC)ccc2OC)c1C. The smallest absolute Gasteiger partial charge is 0.340 e. The predicted molar refractivity (Wildman–Crippen MR) is 115 cm³/mol. The lowest BCUT2D eigenvalue weighted by Gasteiger charge is -2.11. The third kappa shape index (κ3) is 5.53. The van der Waals surface area contributed by atoms with Crippen LogP contribution in [0.1, 0.15) is 51.5 Å². The Kier molecular flexibility index (Phi) is 8.01. The topological polar surface area (TPSA) is 104 Å². The van der Waals surface area contributed by atoms with E-state index in [0.717, 1.165) is 0 Å². The third-order valence-electron chi connectivity index (χ3n) is 4.66. The minimum Gasteiger partial charge on any atom is -0.497 e. The van der Waals surface area contributed by atoms with E-state index in [1.807, 2.05) is 0 Å². The van der Waals surface area contributed by atoms with Gasteiger partial charge in [0.2, 0.25) is 5.78 Å². The van der Waals surface area contributed by atoms with Crippen molar-refractivity contribution in [3.63, 3.8) is 0 Å². The summed E-state index contributed by atoms with van der Waals surface area (Å²) < 4.78 is 20.7. The Hall–Kier alpha value is -3.55. The summed E-state index contributed by atoms with van der Waals surface area (Å²) in [5, 5.41) is 0. The van der Waals surface area contributed by atoms with Crippen LogP contribution >= 0.6 is 0 Å². The molecule has 0 aliphatic rings. The van der Waals surface area contributed by atoms with E-state index in [-0.39, 0.29) is 12.3 Å². The highest BCUT2D eigenvalue weighted by Crippen LogP contribution is 2.25. The maximum atomic E-state index is 12.8. The first-order valence-corrected chi connectivity index (χ1v) is 9.74. The zero-order valence-electron chi connectivity index (χ0n) is 18.5. The van der Waals surface area contributed by atoms with Gasteiger partial charge in [0.1, 0.15) is 11.5 Å². The minimum atomic E-state index is -1.06. The van der Waals surface area contributed by atoms with E-state index in [1.54, 1.807) is 39.0 Å². The molecular weight excluding hydrogens is 402 g/mol. The number of aromatic amines is 1. The molecule has 0 aliphatic heterocycles. The van der Waals surface area contributed by atoms with Crippen LogP contribution in [-0.4, -0.2) is 49.6 Å². The van der Waals surface area contributed by atoms with E-state index in [4.69, 9.17) is 18.9 Å². The molecule has 166 valence electrons. The molecule has 1 N–H and O–H groups in total. The van der Waals surface area contributed by atoms with Gasteiger partial charge >= 0.3 is 11.9 Å². The van der Waals surface area contributed by atoms with Crippen LogP contribution in [0.4, 0.5) is 0 Å². The van der Waals surface area contributed by atoms with Gasteiger partial charge in [-0.05, 0) is 57.5 Å². The van der Waals surface area contributed by atoms with E-state index < -0.39 is 23.8 Å². The van der Waals surface area contributed by atoms with Crippen molar-refractivity contribution in [3.05, 3.63) is 52.4 Å². The number of methoxy groups -OCH3 is 2. The van der Waals surface area contributed by atoms with Gasteiger partial charge in [0.25, 0.3) is 0 Å². The number of esters is 2. The van der Waals surface area contributed by atoms with Crippen molar-refractivity contribution in [1.29, 1.82) is 0 Å². The van der Waals surface area contributed by atoms with Gasteiger partial charge in [0.05, 0.1) is 32.1 Å². The summed E-state index contributed by atoms with van der Waals surface area (Å²) in [6, 6.07) is 5.16. The maximum absolute atomic E-state index is 12.8. The predicted octanol–water partition coefficient (Wildman–Crippen LogP) is 3.65. The highest BCUT2D eigenvalue weighted by atomic mass is 16.5. The highest BCUT2D eigenvalue weighted by Gasteiger charge is 2.27. The first-order valence-electron chi connectivity index (χ1n) is 9.74. The van der Waals surface area contributed by atoms with Crippen molar-refractivity contribution in [3.8, 4) is 11.5 Å². The van der Waals surface area contributed by atoms with Crippen LogP contribution in [0.25, 0.3) is 6.08 Å². The van der Waals surface area contributed by atoms with Crippen molar-refractivity contribution in [1.82, 2.24) is 4.98 Å². The van der Waals surface area contributed by atoms with E-state index in [2.05, 4.69) is 4.98 Å². The number of H-pyrrole nitrogens is 1. The second-order valence-corrected chi connectivity index (χ2v) is 6.73. The normalized spacial score (nSPS) is 11.8. The number of ketones is 1. The van der Waals surface area contributed by atoms with E-state index >= 15 is 0 Å². The number of rotatable bonds is 9. The first kappa shape index (κ1) is 23.7. The molecule has 31 heavy (non-hydrogen) atoms. The van der Waals surface area contributed by atoms with Gasteiger partial charge in [-0.15, -0.1) is 0 Å². The van der Waals surface area contributed by atoms with Crippen molar-refractivity contribution < 1.29 is 33.3 Å². The fourth-order valence-electron chi connectivity index (χ4n) is 3.10. The zero-order chi connectivity index (χ0) is 23.1. The Balaban J connectivity index is 2.13. The minimum absolute atomic E-state index is 0.208. The second-order valence-electron chi connectivity index (χ2n) is 6.73. The lowest BCUT2D eigenvalue weighted by Crippen LogP contribution is -2.24. The van der Waals surface area contributed by atoms with Crippen LogP contribution < -0.4 is 9.47 Å². The van der Waals surface area contributed by atoms with E-state index in [9.17, 15) is 14.4 Å². The number of hydrogen-bond acceptors (Lipinski definition) is 7. The molecule has 8 heteroatoms. The number of aromatic nitrogens is 1. The Morgan fingerprint density at radius 2 is 1.84 bits per heavy atom. The van der Waals surface area contributed by atoms with Crippen molar-refractivity contribution in [2.75, 3.05) is 20.8 Å². The van der Waals surface area contributed by atoms with Gasteiger partial charge in [0.15, 0.2) is 6.10 Å². The number of benzene rings is 1. The molecule has 0 saturated heterocycles. The van der Waals surface area contributed by atoms with Gasteiger partial charge in [-0.25, -0.2) is 9.59 Å². The molecule has 0 fully saturated rings. The molecule has 1 atom stereocenters. The van der Waals surface area contributed by atoms with Gasteiger partial charge in [0, 0.05) is 17.3 Å². The average Bonchev–Trinajstić information content (AvgIpc) is 3.05. The summed E-state index contributed by atoms with van der Waals surface area (Å²) in [4.78, 5) is 40.1. The zero-order valence-corrected chi connectivity index (χ0v) is 18.5. The van der Waals surface area contributed by atoms with Crippen LogP contribution in [0.15, 0.2) is 24.3 Å². The van der Waals surface area contributed by atoms with Crippen LogP contribution in [-0.2, 0) is 14.3 Å². The Morgan fingerprint density at radius 1 is 1.13 bits per heavy atom. The second kappa shape index (κ2) is 10.5. The average molecular weight is 429 g/mol. The molecular formula is C23H27NO7. The molecule has 8 nitrogen and oxygen atoms in total. The van der Waals surface area contributed by atoms with Gasteiger partial charge in [-0.1, -0.05) is 0 Å². The highest BCUT2D eigenvalue weighted by molar-refractivity contribution is 6.04. The number of hydrogen-bond donors (Lipinski definition) is 1. The molecule has 0 spiro atoms. The molecule has 0 saturated carbocycles. The number of Topliss-reactive ketones (excluding diaryl/α,β-unsaturated/α-hetero) is 1. The number of aryl methyl sites for hydroxylation is 1. The van der Waals surface area contributed by atoms with Gasteiger partial charge < -0.3 is 23.9 Å². The lowest BCUT2D eigenvalue weighted by atomic mass is 10.1. The summed E-state index contributed by atoms with van der Waals surface area (Å²) >= 11 is 0. The summed E-state index contributed by atoms with van der Waals surface area (Å²) in [6.07, 6.45) is 1.66. The Morgan fingerprint density at radius 3 is 2.45 bits per heavy atom. The third-order valence-corrected chi connectivity index (χ3v) is 4.66. The molecule has 0 radical (unpaired) electrons. The van der Waals surface area contributed by atoms with Crippen LogP contribution in [0.3, 0.4) is 0 Å². The number of carbonyl (C=O) groups excluding carboxylic acids is 3. The maximum Gasteiger partial charge on any atom is 0.340 e. The van der Waals surface area contributed by atoms with Crippen molar-refractivity contribution in [2.24, 2.45) is 0 Å². The Bertz CT molecular complexity index is 1000. The number of carbonyl (C=O) groups is 3. The van der Waals surface area contributed by atoms with Gasteiger partial charge in [-0.2, -0.15) is 0 Å². The van der Waals surface area contributed by atoms with E-state index in [1.165, 1.54) is 33.3 Å². The Labute approximate surface area is 181 Å². The lowest BCUT2D eigenvalue weighted by molar-refractivity contribution is -0.140. The number of nitrogens with one attached hydrogen (secondary N) is 1. The van der Waals surface area contributed by atoms with Crippen LogP contribution in [0.2, 0.25) is 0 Å². The monoisotopic (exact) mass is 429 g/mol. The van der Waals surface area contributed by atoms with Crippen LogP contribution in [0.5, 0.6) is 11.5 Å². The van der Waals surface area contributed by atoms with Crippen molar-refractivity contribution in [2.45, 2.75) is 33.8 Å². The number of ether oxygens (including phenoxy) is 4. The molecule has 1 heterocycles.